The number of hydrogen-bond acceptors (Lipinski definition) is 7. The molecule has 3 aliphatic heterocycles. The van der Waals surface area contributed by atoms with Crippen LogP contribution in [0.25, 0.3) is 33.3 Å². The lowest BCUT2D eigenvalue weighted by Gasteiger charge is -2.36. The number of hydrogen-bond donors (Lipinski definition) is 4. The second-order valence-electron chi connectivity index (χ2n) is 18.9. The molecule has 1 aromatic carbocycles. The number of amides is 2. The smallest absolute Gasteiger partial charge is 0.240 e. The number of nitrogens with zero attached hydrogens (tertiary/aromatic N) is 5. The molecule has 9 rings (SSSR count). The van der Waals surface area contributed by atoms with Crippen molar-refractivity contribution in [1.82, 2.24) is 34.3 Å². The molecule has 6 atom stereocenters. The topological polar surface area (TPSA) is 164 Å². The van der Waals surface area contributed by atoms with Crippen LogP contribution in [-0.4, -0.2) is 79.0 Å². The zero-order valence-electron chi connectivity index (χ0n) is 35.2. The second kappa shape index (κ2) is 15.2. The molecule has 3 aromatic heterocycles. The number of rotatable bonds is 9. The number of H-pyrrole nitrogens is 2. The van der Waals surface area contributed by atoms with Crippen molar-refractivity contribution in [3.63, 3.8) is 0 Å². The zero-order chi connectivity index (χ0) is 41.3. The molecular weight excluding hydrogens is 755 g/mol. The van der Waals surface area contributed by atoms with Crippen molar-refractivity contribution in [2.75, 3.05) is 12.7 Å². The molecule has 2 fully saturated rings. The summed E-state index contributed by atoms with van der Waals surface area (Å²) < 4.78 is 9.46. The van der Waals surface area contributed by atoms with Crippen molar-refractivity contribution in [2.45, 2.75) is 109 Å². The van der Waals surface area contributed by atoms with Crippen LogP contribution < -0.4 is 11.5 Å². The number of fused-ring (bicyclic) bond motifs is 4. The number of allylic oxidation sites excluding steroid dienone is 6. The number of ether oxygens (including phenoxy) is 1. The Morgan fingerprint density at radius 1 is 0.898 bits per heavy atom. The third-order valence-electron chi connectivity index (χ3n) is 13.3. The van der Waals surface area contributed by atoms with E-state index in [2.05, 4.69) is 82.3 Å². The molecule has 2 aliphatic carbocycles. The molecule has 12 nitrogen and oxygen atoms in total. The first-order chi connectivity index (χ1) is 28.3. The van der Waals surface area contributed by atoms with Gasteiger partial charge in [-0.1, -0.05) is 71.2 Å². The fourth-order valence-corrected chi connectivity index (χ4v) is 12.7. The van der Waals surface area contributed by atoms with Gasteiger partial charge in [0, 0.05) is 35.2 Å². The summed E-state index contributed by atoms with van der Waals surface area (Å²) in [5.74, 6) is 2.88. The summed E-state index contributed by atoms with van der Waals surface area (Å²) in [5.41, 5.74) is 20.3. The van der Waals surface area contributed by atoms with E-state index < -0.39 is 20.2 Å². The monoisotopic (exact) mass is 813 g/mol. The van der Waals surface area contributed by atoms with Gasteiger partial charge in [0.1, 0.15) is 17.4 Å². The van der Waals surface area contributed by atoms with Crippen molar-refractivity contribution in [1.29, 1.82) is 0 Å². The van der Waals surface area contributed by atoms with E-state index in [1.807, 2.05) is 49.9 Å². The molecule has 2 amide bonds. The number of carbonyl (C=O) groups excluding carboxylic acids is 2. The minimum absolute atomic E-state index is 0.000993. The first-order valence-electron chi connectivity index (χ1n) is 21.6. The van der Waals surface area contributed by atoms with Crippen molar-refractivity contribution in [3.05, 3.63) is 95.8 Å². The number of aromatic amines is 2. The van der Waals surface area contributed by atoms with Gasteiger partial charge in [0.15, 0.2) is 6.23 Å². The van der Waals surface area contributed by atoms with Crippen LogP contribution in [0.15, 0.2) is 72.8 Å². The average Bonchev–Trinajstić information content (AvgIpc) is 4.08. The lowest BCUT2D eigenvalue weighted by molar-refractivity contribution is -0.135. The van der Waals surface area contributed by atoms with Gasteiger partial charge in [0.25, 0.3) is 0 Å². The lowest BCUT2D eigenvalue weighted by atomic mass is 9.91. The van der Waals surface area contributed by atoms with E-state index in [1.54, 1.807) is 0 Å². The molecule has 0 spiro atoms. The number of aromatic nitrogens is 5. The van der Waals surface area contributed by atoms with E-state index in [1.165, 1.54) is 11.3 Å². The fourth-order valence-electron chi connectivity index (χ4n) is 9.79. The van der Waals surface area contributed by atoms with Crippen LogP contribution in [0.1, 0.15) is 101 Å². The molecule has 59 heavy (non-hydrogen) atoms. The van der Waals surface area contributed by atoms with E-state index in [-0.39, 0.29) is 47.9 Å². The summed E-state index contributed by atoms with van der Waals surface area (Å²) in [4.78, 5) is 47.7. The first-order valence-corrected chi connectivity index (χ1v) is 25.0. The number of nitrogens with one attached hydrogen (secondary N) is 2. The number of likely N-dealkylation sites (tertiary alicyclic amines) is 1. The summed E-state index contributed by atoms with van der Waals surface area (Å²) in [6.45, 7) is 13.4. The number of nitrogens with two attached hydrogens (primary N) is 2. The van der Waals surface area contributed by atoms with Gasteiger partial charge in [-0.05, 0) is 79.8 Å². The molecule has 310 valence electrons. The predicted molar refractivity (Wildman–Crippen MR) is 235 cm³/mol. The SMILES string of the molecule is CC(C)C(N)C(=O)N1CCCC1c1ncc(C2=CC3=C(CC2)c2cc4cc(-c5cnc(C6C[Si](C)(C)CN6C(=O)C(N)C(C)C)[nH]5)ccc4n2C(C2C=CC=CC2)O3)[nH]1. The molecule has 4 aromatic rings. The molecule has 0 saturated carbocycles. The minimum Gasteiger partial charge on any atom is -0.469 e. The maximum atomic E-state index is 13.6. The fraction of sp³-hybridized carbons (Fsp3) is 0.478. The Kier molecular flexibility index (Phi) is 10.2. The maximum Gasteiger partial charge on any atom is 0.240 e. The lowest BCUT2D eigenvalue weighted by Crippen LogP contribution is -2.47. The summed E-state index contributed by atoms with van der Waals surface area (Å²) in [6, 6.07) is 8.67. The van der Waals surface area contributed by atoms with Crippen LogP contribution >= 0.6 is 0 Å². The Morgan fingerprint density at radius 3 is 2.34 bits per heavy atom. The highest BCUT2D eigenvalue weighted by Gasteiger charge is 2.45. The van der Waals surface area contributed by atoms with Crippen molar-refractivity contribution >= 4 is 41.9 Å². The van der Waals surface area contributed by atoms with Gasteiger partial charge >= 0.3 is 0 Å². The zero-order valence-corrected chi connectivity index (χ0v) is 36.2. The van der Waals surface area contributed by atoms with Gasteiger partial charge in [-0.25, -0.2) is 9.97 Å². The molecule has 6 N–H and O–H groups in total. The van der Waals surface area contributed by atoms with E-state index in [0.717, 1.165) is 95.2 Å². The van der Waals surface area contributed by atoms with Gasteiger partial charge in [0.05, 0.1) is 67.2 Å². The summed E-state index contributed by atoms with van der Waals surface area (Å²) in [6.07, 6.45) is 19.6. The van der Waals surface area contributed by atoms with Crippen molar-refractivity contribution in [3.8, 4) is 11.3 Å². The van der Waals surface area contributed by atoms with Gasteiger partial charge in [-0.3, -0.25) is 9.59 Å². The van der Waals surface area contributed by atoms with Crippen LogP contribution in [0.5, 0.6) is 0 Å². The molecule has 2 saturated heterocycles. The largest absolute Gasteiger partial charge is 0.469 e. The predicted octanol–water partition coefficient (Wildman–Crippen LogP) is 7.77. The summed E-state index contributed by atoms with van der Waals surface area (Å²) in [5, 5.41) is 1.14. The van der Waals surface area contributed by atoms with Gasteiger partial charge in [0.2, 0.25) is 11.8 Å². The quantitative estimate of drug-likeness (QED) is 0.126. The summed E-state index contributed by atoms with van der Waals surface area (Å²) in [7, 11) is -1.65. The van der Waals surface area contributed by atoms with Crippen LogP contribution in [-0.2, 0) is 14.3 Å². The molecule has 5 aliphatic rings. The minimum atomic E-state index is -1.65. The Bertz CT molecular complexity index is 2410. The Balaban J connectivity index is 1.03. The highest BCUT2D eigenvalue weighted by molar-refractivity contribution is 6.78. The van der Waals surface area contributed by atoms with Gasteiger partial charge in [-0.2, -0.15) is 0 Å². The number of imidazole rings is 2. The maximum absolute atomic E-state index is 13.6. The molecule has 0 radical (unpaired) electrons. The third-order valence-corrected chi connectivity index (χ3v) is 16.0. The Hall–Kier alpha value is -4.98. The van der Waals surface area contributed by atoms with Gasteiger partial charge in [-0.15, -0.1) is 0 Å². The van der Waals surface area contributed by atoms with E-state index >= 15 is 0 Å². The first kappa shape index (κ1) is 39.5. The molecule has 6 heterocycles. The highest BCUT2D eigenvalue weighted by Crippen LogP contribution is 2.47. The molecular formula is C46H59N9O3Si. The number of carbonyl (C=O) groups is 2. The van der Waals surface area contributed by atoms with E-state index in [4.69, 9.17) is 26.2 Å². The normalized spacial score (nSPS) is 24.8. The number of benzene rings is 1. The van der Waals surface area contributed by atoms with Crippen molar-refractivity contribution < 1.29 is 14.3 Å². The standard InChI is InChI=1S/C46H59N9O3Si/c1-26(2)40(47)44(56)53-18-10-13-36(53)42-49-23-34(51-42)30-14-16-32-37-20-31-19-29(15-17-35(31)55(37)46(58-39(32)21-30)28-11-8-7-9-12-28)33-22-50-43(52-33)38-24-59(5,6)25-54(38)45(57)41(48)27(3)4/h7-9,11,15,17,19-23,26-28,36,38,40-41,46H,10,12-14,16,18,24-25,47-48H2,1-6H3,(H,49,51)(H,50,52). The van der Waals surface area contributed by atoms with Crippen LogP contribution in [0, 0.1) is 17.8 Å². The highest BCUT2D eigenvalue weighted by atomic mass is 28.3. The molecule has 13 heteroatoms. The average molecular weight is 814 g/mol. The second-order valence-corrected chi connectivity index (χ2v) is 23.9. The van der Waals surface area contributed by atoms with E-state index in [9.17, 15) is 9.59 Å². The molecule has 0 bridgehead atoms. The Labute approximate surface area is 347 Å². The summed E-state index contributed by atoms with van der Waals surface area (Å²) >= 11 is 0. The van der Waals surface area contributed by atoms with E-state index in [0.29, 0.717) is 6.54 Å². The Morgan fingerprint density at radius 2 is 1.61 bits per heavy atom. The van der Waals surface area contributed by atoms with Crippen LogP contribution in [0.2, 0.25) is 19.1 Å². The van der Waals surface area contributed by atoms with Crippen LogP contribution in [0.4, 0.5) is 0 Å². The third kappa shape index (κ3) is 7.14. The molecule has 6 unspecified atom stereocenters. The van der Waals surface area contributed by atoms with Gasteiger partial charge < -0.3 is 40.5 Å². The van der Waals surface area contributed by atoms with Crippen molar-refractivity contribution in [2.24, 2.45) is 29.2 Å². The van der Waals surface area contributed by atoms with Crippen LogP contribution in [0.3, 0.4) is 0 Å².